The van der Waals surface area contributed by atoms with Gasteiger partial charge in [-0.15, -0.1) is 0 Å². The van der Waals surface area contributed by atoms with Crippen molar-refractivity contribution in [2.45, 2.75) is 25.8 Å². The minimum absolute atomic E-state index is 0.157. The highest BCUT2D eigenvalue weighted by Gasteiger charge is 2.23. The summed E-state index contributed by atoms with van der Waals surface area (Å²) in [5.74, 6) is -1.52. The minimum atomic E-state index is -1.16. The van der Waals surface area contributed by atoms with Crippen molar-refractivity contribution >= 4 is 18.0 Å². The number of rotatable bonds is 4. The van der Waals surface area contributed by atoms with Crippen LogP contribution in [-0.2, 0) is 14.3 Å². The van der Waals surface area contributed by atoms with Gasteiger partial charge in [0, 0.05) is 31.3 Å². The first-order chi connectivity index (χ1) is 9.02. The van der Waals surface area contributed by atoms with Crippen molar-refractivity contribution in [3.05, 3.63) is 12.2 Å². The summed E-state index contributed by atoms with van der Waals surface area (Å²) < 4.78 is 4.77. The van der Waals surface area contributed by atoms with E-state index in [9.17, 15) is 14.4 Å². The Hall–Kier alpha value is -2.05. The topological polar surface area (TPSA) is 95.9 Å². The van der Waals surface area contributed by atoms with Crippen LogP contribution in [0.3, 0.4) is 0 Å². The maximum Gasteiger partial charge on any atom is 0.407 e. The first kappa shape index (κ1) is 15.0. The number of carbonyl (C=O) groups is 3. The van der Waals surface area contributed by atoms with Crippen LogP contribution >= 0.6 is 0 Å². The molecule has 0 radical (unpaired) electrons. The summed E-state index contributed by atoms with van der Waals surface area (Å²) in [6.07, 6.45) is 2.86. The van der Waals surface area contributed by atoms with Crippen molar-refractivity contribution in [3.63, 3.8) is 0 Å². The molecule has 0 aromatic rings. The third-order valence-electron chi connectivity index (χ3n) is 2.70. The van der Waals surface area contributed by atoms with E-state index in [0.29, 0.717) is 19.7 Å². The van der Waals surface area contributed by atoms with Gasteiger partial charge >= 0.3 is 12.1 Å². The first-order valence-corrected chi connectivity index (χ1v) is 6.16. The van der Waals surface area contributed by atoms with Gasteiger partial charge in [0.1, 0.15) is 0 Å². The van der Waals surface area contributed by atoms with Gasteiger partial charge in [0.25, 0.3) is 0 Å². The predicted octanol–water partition coefficient (Wildman–Crippen LogP) is 0.364. The quantitative estimate of drug-likeness (QED) is 0.719. The Bertz CT molecular complexity index is 380. The highest BCUT2D eigenvalue weighted by atomic mass is 16.5. The van der Waals surface area contributed by atoms with Crippen LogP contribution in [0.5, 0.6) is 0 Å². The zero-order valence-corrected chi connectivity index (χ0v) is 10.8. The Labute approximate surface area is 111 Å². The van der Waals surface area contributed by atoms with E-state index in [1.165, 1.54) is 4.90 Å². The molecular formula is C12H18N2O5. The number of nitrogens with one attached hydrogen (secondary N) is 1. The number of ether oxygens (including phenoxy) is 1. The van der Waals surface area contributed by atoms with Gasteiger partial charge < -0.3 is 20.1 Å². The van der Waals surface area contributed by atoms with Gasteiger partial charge in [-0.25, -0.2) is 9.59 Å². The smallest absolute Gasteiger partial charge is 0.407 e. The molecule has 0 bridgehead atoms. The van der Waals surface area contributed by atoms with E-state index in [-0.39, 0.29) is 11.9 Å². The van der Waals surface area contributed by atoms with Gasteiger partial charge in [-0.2, -0.15) is 0 Å². The number of piperidine rings is 1. The monoisotopic (exact) mass is 270 g/mol. The van der Waals surface area contributed by atoms with Crippen LogP contribution in [0.2, 0.25) is 0 Å². The molecule has 1 fully saturated rings. The third kappa shape index (κ3) is 5.41. The van der Waals surface area contributed by atoms with E-state index < -0.39 is 12.1 Å². The van der Waals surface area contributed by atoms with Crippen LogP contribution in [0.1, 0.15) is 19.8 Å². The standard InChI is InChI=1S/C12H18N2O5/c1-2-19-12(18)13-9-4-3-7-14(8-9)10(15)5-6-11(16)17/h5-6,9H,2-4,7-8H2,1H3,(H,13,18)(H,16,17)/b6-5+. The fraction of sp³-hybridized carbons (Fsp3) is 0.583. The lowest BCUT2D eigenvalue weighted by molar-refractivity contribution is -0.132. The molecule has 0 aliphatic carbocycles. The predicted molar refractivity (Wildman–Crippen MR) is 66.5 cm³/mol. The maximum absolute atomic E-state index is 11.7. The van der Waals surface area contributed by atoms with Crippen molar-refractivity contribution in [2.75, 3.05) is 19.7 Å². The Morgan fingerprint density at radius 2 is 2.16 bits per heavy atom. The molecule has 2 amide bonds. The Balaban J connectivity index is 2.47. The fourth-order valence-corrected chi connectivity index (χ4v) is 1.88. The fourth-order valence-electron chi connectivity index (χ4n) is 1.88. The summed E-state index contributed by atoms with van der Waals surface area (Å²) >= 11 is 0. The van der Waals surface area contributed by atoms with Crippen molar-refractivity contribution < 1.29 is 24.2 Å². The zero-order valence-electron chi connectivity index (χ0n) is 10.8. The molecule has 19 heavy (non-hydrogen) atoms. The molecule has 0 aromatic carbocycles. The lowest BCUT2D eigenvalue weighted by Crippen LogP contribution is -2.49. The Morgan fingerprint density at radius 1 is 1.42 bits per heavy atom. The number of nitrogens with zero attached hydrogens (tertiary/aromatic N) is 1. The molecule has 0 spiro atoms. The number of aliphatic carboxylic acids is 1. The summed E-state index contributed by atoms with van der Waals surface area (Å²) in [5.41, 5.74) is 0. The first-order valence-electron chi connectivity index (χ1n) is 6.16. The van der Waals surface area contributed by atoms with Gasteiger partial charge in [-0.3, -0.25) is 4.79 Å². The Kier molecular flexibility index (Phi) is 5.84. The molecule has 1 aliphatic heterocycles. The number of hydrogen-bond donors (Lipinski definition) is 2. The van der Waals surface area contributed by atoms with Gasteiger partial charge in [0.05, 0.1) is 6.61 Å². The van der Waals surface area contributed by atoms with Crippen molar-refractivity contribution in [1.82, 2.24) is 10.2 Å². The van der Waals surface area contributed by atoms with Crippen LogP contribution in [0.4, 0.5) is 4.79 Å². The summed E-state index contributed by atoms with van der Waals surface area (Å²) in [7, 11) is 0. The van der Waals surface area contributed by atoms with Crippen LogP contribution in [0, 0.1) is 0 Å². The van der Waals surface area contributed by atoms with Crippen LogP contribution in [0.25, 0.3) is 0 Å². The molecular weight excluding hydrogens is 252 g/mol. The summed E-state index contributed by atoms with van der Waals surface area (Å²) in [4.78, 5) is 34.8. The number of carbonyl (C=O) groups excluding carboxylic acids is 2. The molecule has 1 aliphatic rings. The molecule has 1 heterocycles. The summed E-state index contributed by atoms with van der Waals surface area (Å²) in [6, 6.07) is -0.157. The molecule has 106 valence electrons. The molecule has 2 N–H and O–H groups in total. The summed E-state index contributed by atoms with van der Waals surface area (Å²) in [6.45, 7) is 2.93. The Morgan fingerprint density at radius 3 is 2.79 bits per heavy atom. The van der Waals surface area contributed by atoms with Gasteiger partial charge in [0.15, 0.2) is 0 Å². The van der Waals surface area contributed by atoms with Gasteiger partial charge in [0.2, 0.25) is 5.91 Å². The lowest BCUT2D eigenvalue weighted by Gasteiger charge is -2.32. The number of likely N-dealkylation sites (tertiary alicyclic amines) is 1. The molecule has 1 atom stereocenters. The van der Waals surface area contributed by atoms with E-state index in [0.717, 1.165) is 25.0 Å². The third-order valence-corrected chi connectivity index (χ3v) is 2.70. The van der Waals surface area contributed by atoms with Crippen LogP contribution in [0.15, 0.2) is 12.2 Å². The second-order valence-corrected chi connectivity index (χ2v) is 4.16. The number of carboxylic acid groups (broad SMARTS) is 1. The largest absolute Gasteiger partial charge is 0.478 e. The van der Waals surface area contributed by atoms with Crippen molar-refractivity contribution in [3.8, 4) is 0 Å². The van der Waals surface area contributed by atoms with Gasteiger partial charge in [-0.1, -0.05) is 0 Å². The molecule has 1 saturated heterocycles. The van der Waals surface area contributed by atoms with E-state index in [4.69, 9.17) is 9.84 Å². The second kappa shape index (κ2) is 7.40. The number of alkyl carbamates (subject to hydrolysis) is 1. The maximum atomic E-state index is 11.7. The minimum Gasteiger partial charge on any atom is -0.478 e. The molecule has 0 saturated carbocycles. The number of amides is 2. The van der Waals surface area contributed by atoms with Crippen LogP contribution in [-0.4, -0.2) is 53.7 Å². The average molecular weight is 270 g/mol. The SMILES string of the molecule is CCOC(=O)NC1CCCN(C(=O)/C=C/C(=O)O)C1. The van der Waals surface area contributed by atoms with E-state index in [1.807, 2.05) is 0 Å². The molecule has 1 unspecified atom stereocenters. The normalized spacial score (nSPS) is 19.2. The lowest BCUT2D eigenvalue weighted by atomic mass is 10.1. The number of hydrogen-bond acceptors (Lipinski definition) is 4. The zero-order chi connectivity index (χ0) is 14.3. The van der Waals surface area contributed by atoms with Crippen molar-refractivity contribution in [2.24, 2.45) is 0 Å². The van der Waals surface area contributed by atoms with Crippen LogP contribution < -0.4 is 5.32 Å². The molecule has 7 nitrogen and oxygen atoms in total. The molecule has 0 aromatic heterocycles. The van der Waals surface area contributed by atoms with E-state index >= 15 is 0 Å². The highest BCUT2D eigenvalue weighted by Crippen LogP contribution is 2.10. The van der Waals surface area contributed by atoms with E-state index in [1.54, 1.807) is 6.92 Å². The second-order valence-electron chi connectivity index (χ2n) is 4.16. The van der Waals surface area contributed by atoms with Gasteiger partial charge in [-0.05, 0) is 19.8 Å². The molecule has 7 heteroatoms. The van der Waals surface area contributed by atoms with E-state index in [2.05, 4.69) is 5.32 Å². The highest BCUT2D eigenvalue weighted by molar-refractivity contribution is 5.94. The molecule has 1 rings (SSSR count). The number of carboxylic acids is 1. The van der Waals surface area contributed by atoms with Crippen molar-refractivity contribution in [1.29, 1.82) is 0 Å². The summed E-state index contributed by atoms with van der Waals surface area (Å²) in [5, 5.41) is 11.1. The average Bonchev–Trinajstić information content (AvgIpc) is 2.36.